The summed E-state index contributed by atoms with van der Waals surface area (Å²) in [4.78, 5) is 18.5. The van der Waals surface area contributed by atoms with Crippen LogP contribution in [0.4, 0.5) is 0 Å². The second-order valence-corrected chi connectivity index (χ2v) is 8.40. The number of esters is 1. The average Bonchev–Trinajstić information content (AvgIpc) is 3.09. The van der Waals surface area contributed by atoms with Gasteiger partial charge in [-0.3, -0.25) is 9.69 Å². The van der Waals surface area contributed by atoms with Gasteiger partial charge >= 0.3 is 5.97 Å². The third-order valence-electron chi connectivity index (χ3n) is 6.92. The largest absolute Gasteiger partial charge is 0.469 e. The van der Waals surface area contributed by atoms with E-state index >= 15 is 0 Å². The molecule has 0 amide bonds. The number of fused-ring (bicyclic) bond motifs is 5. The lowest BCUT2D eigenvalue weighted by Crippen LogP contribution is -2.49. The fourth-order valence-electron chi connectivity index (χ4n) is 5.63. The van der Waals surface area contributed by atoms with E-state index < -0.39 is 0 Å². The van der Waals surface area contributed by atoms with Crippen molar-refractivity contribution in [2.45, 2.75) is 64.3 Å². The number of piperidine rings is 1. The van der Waals surface area contributed by atoms with Crippen molar-refractivity contribution in [2.24, 2.45) is 5.41 Å². The number of carbonyl (C=O) groups is 1. The summed E-state index contributed by atoms with van der Waals surface area (Å²) in [7, 11) is 1.50. The first kappa shape index (κ1) is 18.5. The van der Waals surface area contributed by atoms with Crippen LogP contribution in [-0.2, 0) is 16.0 Å². The Kier molecular flexibility index (Phi) is 5.27. The fraction of sp³-hybridized carbons (Fsp3) is 0.609. The average molecular weight is 369 g/mol. The van der Waals surface area contributed by atoms with Crippen LogP contribution in [0.25, 0.3) is 10.9 Å². The summed E-state index contributed by atoms with van der Waals surface area (Å²) in [5.41, 5.74) is 4.35. The highest BCUT2D eigenvalue weighted by atomic mass is 16.5. The second-order valence-electron chi connectivity index (χ2n) is 8.40. The molecule has 0 saturated carbocycles. The van der Waals surface area contributed by atoms with Crippen molar-refractivity contribution in [2.75, 3.05) is 20.2 Å². The molecular weight excluding hydrogens is 336 g/mol. The van der Waals surface area contributed by atoms with Gasteiger partial charge in [0.25, 0.3) is 0 Å². The van der Waals surface area contributed by atoms with E-state index in [0.717, 1.165) is 19.4 Å². The molecule has 4 rings (SSSR count). The first-order valence-electron chi connectivity index (χ1n) is 10.6. The van der Waals surface area contributed by atoms with Gasteiger partial charge in [-0.1, -0.05) is 38.0 Å². The molecule has 4 heteroatoms. The molecule has 1 fully saturated rings. The topological polar surface area (TPSA) is 45.3 Å². The Morgan fingerprint density at radius 3 is 2.96 bits per heavy atom. The summed E-state index contributed by atoms with van der Waals surface area (Å²) < 4.78 is 4.98. The molecular formula is C23H32N2O2. The van der Waals surface area contributed by atoms with Crippen LogP contribution < -0.4 is 0 Å². The zero-order chi connectivity index (χ0) is 18.9. The quantitative estimate of drug-likeness (QED) is 0.731. The Balaban J connectivity index is 1.76. The molecule has 3 heterocycles. The Hall–Kier alpha value is -1.81. The molecule has 0 spiro atoms. The number of unbranched alkanes of at least 4 members (excludes halogenated alkanes) is 1. The number of carbonyl (C=O) groups excluding carboxylic acids is 1. The van der Waals surface area contributed by atoms with Gasteiger partial charge in [0, 0.05) is 29.6 Å². The third kappa shape index (κ3) is 3.29. The molecule has 146 valence electrons. The van der Waals surface area contributed by atoms with Gasteiger partial charge in [0.15, 0.2) is 0 Å². The Morgan fingerprint density at radius 2 is 2.15 bits per heavy atom. The van der Waals surface area contributed by atoms with Crippen LogP contribution >= 0.6 is 0 Å². The van der Waals surface area contributed by atoms with Gasteiger partial charge in [-0.25, -0.2) is 0 Å². The van der Waals surface area contributed by atoms with Crippen LogP contribution in [0.5, 0.6) is 0 Å². The van der Waals surface area contributed by atoms with E-state index in [9.17, 15) is 4.79 Å². The molecule has 0 unspecified atom stereocenters. The standard InChI is InChI=1S/C23H32N2O2/c1-3-4-12-23(14-10-20(26)27-2)13-7-15-25-16-11-18-17-8-5-6-9-19(17)24-21(18)22(23)25/h5-6,8-9,22,24H,3-4,7,10-16H2,1-2H3/t22-,23+/m1/s1. The number of hydrogen-bond acceptors (Lipinski definition) is 3. The number of nitrogens with zero attached hydrogens (tertiary/aromatic N) is 1. The first-order valence-corrected chi connectivity index (χ1v) is 10.6. The van der Waals surface area contributed by atoms with Gasteiger partial charge in [0.05, 0.1) is 13.2 Å². The van der Waals surface area contributed by atoms with Crippen LogP contribution in [0, 0.1) is 5.41 Å². The van der Waals surface area contributed by atoms with E-state index in [1.54, 1.807) is 0 Å². The minimum atomic E-state index is -0.0734. The highest BCUT2D eigenvalue weighted by Gasteiger charge is 2.47. The van der Waals surface area contributed by atoms with Gasteiger partial charge in [0.1, 0.15) is 0 Å². The van der Waals surface area contributed by atoms with Gasteiger partial charge in [-0.15, -0.1) is 0 Å². The summed E-state index contributed by atoms with van der Waals surface area (Å²) in [6.07, 6.45) is 8.63. The fourth-order valence-corrected chi connectivity index (χ4v) is 5.63. The summed E-state index contributed by atoms with van der Waals surface area (Å²) in [6.45, 7) is 4.57. The predicted molar refractivity (Wildman–Crippen MR) is 109 cm³/mol. The number of aromatic nitrogens is 1. The smallest absolute Gasteiger partial charge is 0.305 e. The molecule has 1 N–H and O–H groups in total. The summed E-state index contributed by atoms with van der Waals surface area (Å²) in [5.74, 6) is -0.0734. The maximum Gasteiger partial charge on any atom is 0.305 e. The van der Waals surface area contributed by atoms with Crippen molar-refractivity contribution < 1.29 is 9.53 Å². The van der Waals surface area contributed by atoms with Crippen molar-refractivity contribution in [3.8, 4) is 0 Å². The molecule has 0 radical (unpaired) electrons. The highest BCUT2D eigenvalue weighted by molar-refractivity contribution is 5.85. The number of aromatic amines is 1. The molecule has 2 aliphatic heterocycles. The number of methoxy groups -OCH3 is 1. The SMILES string of the molecule is CCCC[C@@]1(CCC(=O)OC)CCCN2CCc3c([nH]c4ccccc34)[C@@H]21. The molecule has 2 atom stereocenters. The first-order chi connectivity index (χ1) is 13.2. The molecule has 0 aliphatic carbocycles. The molecule has 0 bridgehead atoms. The number of H-pyrrole nitrogens is 1. The monoisotopic (exact) mass is 368 g/mol. The van der Waals surface area contributed by atoms with E-state index in [2.05, 4.69) is 41.1 Å². The minimum absolute atomic E-state index is 0.0734. The third-order valence-corrected chi connectivity index (χ3v) is 6.92. The van der Waals surface area contributed by atoms with Crippen LogP contribution in [0.1, 0.15) is 69.2 Å². The van der Waals surface area contributed by atoms with E-state index in [0.29, 0.717) is 12.5 Å². The number of hydrogen-bond donors (Lipinski definition) is 1. The van der Waals surface area contributed by atoms with E-state index in [1.807, 2.05) is 0 Å². The van der Waals surface area contributed by atoms with Gasteiger partial charge in [0.2, 0.25) is 0 Å². The van der Waals surface area contributed by atoms with Gasteiger partial charge in [-0.2, -0.15) is 0 Å². The van der Waals surface area contributed by atoms with E-state index in [-0.39, 0.29) is 11.4 Å². The van der Waals surface area contributed by atoms with Crippen molar-refractivity contribution in [3.05, 3.63) is 35.5 Å². The molecule has 2 aromatic rings. The molecule has 1 aromatic carbocycles. The lowest BCUT2D eigenvalue weighted by Gasteiger charge is -2.52. The normalized spacial score (nSPS) is 25.2. The zero-order valence-electron chi connectivity index (χ0n) is 16.7. The van der Waals surface area contributed by atoms with Crippen LogP contribution in [-0.4, -0.2) is 36.1 Å². The van der Waals surface area contributed by atoms with Crippen LogP contribution in [0.2, 0.25) is 0 Å². The summed E-state index contributed by atoms with van der Waals surface area (Å²) >= 11 is 0. The predicted octanol–water partition coefficient (Wildman–Crippen LogP) is 4.99. The van der Waals surface area contributed by atoms with Gasteiger partial charge in [-0.05, 0) is 55.7 Å². The number of ether oxygens (including phenoxy) is 1. The number of rotatable bonds is 6. The maximum atomic E-state index is 12.0. The molecule has 2 aliphatic rings. The molecule has 1 saturated heterocycles. The summed E-state index contributed by atoms with van der Waals surface area (Å²) in [5, 5.41) is 1.38. The Morgan fingerprint density at radius 1 is 1.30 bits per heavy atom. The number of benzene rings is 1. The molecule has 4 nitrogen and oxygen atoms in total. The maximum absolute atomic E-state index is 12.0. The minimum Gasteiger partial charge on any atom is -0.469 e. The lowest BCUT2D eigenvalue weighted by molar-refractivity contribution is -0.142. The number of nitrogens with one attached hydrogen (secondary N) is 1. The number of para-hydroxylation sites is 1. The van der Waals surface area contributed by atoms with Crippen LogP contribution in [0.15, 0.2) is 24.3 Å². The summed E-state index contributed by atoms with van der Waals surface area (Å²) in [6, 6.07) is 9.11. The van der Waals surface area contributed by atoms with Crippen molar-refractivity contribution in [1.29, 1.82) is 0 Å². The second kappa shape index (κ2) is 7.67. The molecule has 27 heavy (non-hydrogen) atoms. The lowest BCUT2D eigenvalue weighted by atomic mass is 9.64. The van der Waals surface area contributed by atoms with E-state index in [1.165, 1.54) is 67.9 Å². The zero-order valence-corrected chi connectivity index (χ0v) is 16.7. The van der Waals surface area contributed by atoms with Crippen molar-refractivity contribution in [1.82, 2.24) is 9.88 Å². The van der Waals surface area contributed by atoms with E-state index in [4.69, 9.17) is 4.74 Å². The Labute approximate surface area is 162 Å². The highest BCUT2D eigenvalue weighted by Crippen LogP contribution is 2.54. The van der Waals surface area contributed by atoms with Gasteiger partial charge < -0.3 is 9.72 Å². The Bertz CT molecular complexity index is 812. The van der Waals surface area contributed by atoms with Crippen LogP contribution in [0.3, 0.4) is 0 Å². The van der Waals surface area contributed by atoms with Crippen molar-refractivity contribution >= 4 is 16.9 Å². The van der Waals surface area contributed by atoms with Crippen molar-refractivity contribution in [3.63, 3.8) is 0 Å². The molecule has 1 aromatic heterocycles.